The van der Waals surface area contributed by atoms with E-state index in [4.69, 9.17) is 0 Å². The van der Waals surface area contributed by atoms with Crippen molar-refractivity contribution >= 4 is 11.8 Å². The van der Waals surface area contributed by atoms with E-state index in [0.717, 1.165) is 30.4 Å². The van der Waals surface area contributed by atoms with Crippen LogP contribution in [0.5, 0.6) is 0 Å². The van der Waals surface area contributed by atoms with Crippen molar-refractivity contribution in [3.8, 4) is 0 Å². The Morgan fingerprint density at radius 2 is 2.36 bits per heavy atom. The minimum Gasteiger partial charge on any atom is -0.384 e. The lowest BCUT2D eigenvalue weighted by Gasteiger charge is -2.01. The second-order valence-corrected chi connectivity index (χ2v) is 3.15. The fourth-order valence-corrected chi connectivity index (χ4v) is 1.67. The number of nitrogens with one attached hydrogen (secondary N) is 1. The van der Waals surface area contributed by atoms with Crippen LogP contribution in [0, 0.1) is 10.1 Å². The fraction of sp³-hybridized carbons (Fsp3) is 0.200. The molecule has 1 heterocycles. The maximum atomic E-state index is 10.2. The minimum atomic E-state index is -0.443. The molecule has 1 aliphatic rings. The van der Waals surface area contributed by atoms with Crippen molar-refractivity contribution < 1.29 is 4.92 Å². The van der Waals surface area contributed by atoms with Gasteiger partial charge in [0.1, 0.15) is 0 Å². The number of hydrogen-bond acceptors (Lipinski definition) is 3. The Labute approximate surface area is 81.4 Å². The molecule has 72 valence electrons. The molecule has 0 spiro atoms. The molecule has 0 radical (unpaired) electrons. The minimum absolute atomic E-state index is 0.443. The first-order valence-electron chi connectivity index (χ1n) is 4.45. The van der Waals surface area contributed by atoms with E-state index in [0.29, 0.717) is 0 Å². The largest absolute Gasteiger partial charge is 0.384 e. The van der Waals surface area contributed by atoms with Gasteiger partial charge in [-0.25, -0.2) is 0 Å². The average molecular weight is 190 g/mol. The van der Waals surface area contributed by atoms with Crippen LogP contribution in [0.3, 0.4) is 0 Å². The zero-order valence-corrected chi connectivity index (χ0v) is 7.56. The zero-order valence-electron chi connectivity index (χ0n) is 7.56. The van der Waals surface area contributed by atoms with Crippen molar-refractivity contribution in [3.63, 3.8) is 0 Å². The Hall–Kier alpha value is -1.84. The molecule has 14 heavy (non-hydrogen) atoms. The van der Waals surface area contributed by atoms with E-state index in [9.17, 15) is 10.1 Å². The molecule has 2 rings (SSSR count). The Kier molecular flexibility index (Phi) is 2.18. The highest BCUT2D eigenvalue weighted by Gasteiger charge is 2.12. The number of hydrogen-bond donors (Lipinski definition) is 1. The summed E-state index contributed by atoms with van der Waals surface area (Å²) in [4.78, 5) is 9.73. The molecule has 4 heteroatoms. The van der Waals surface area contributed by atoms with Crippen LogP contribution in [0.2, 0.25) is 0 Å². The molecule has 0 aromatic heterocycles. The molecular weight excluding hydrogens is 180 g/mol. The van der Waals surface area contributed by atoms with Crippen LogP contribution in [-0.4, -0.2) is 11.5 Å². The molecule has 0 fully saturated rings. The Bertz CT molecular complexity index is 399. The lowest BCUT2D eigenvalue weighted by molar-refractivity contribution is -0.400. The standard InChI is InChI=1S/C10H10N2O2/c13-12(14)7-5-8-2-1-3-10-9(8)4-6-11-10/h1-3,5,7,11H,4,6H2/b7-5+. The molecule has 0 aliphatic carbocycles. The first kappa shape index (κ1) is 8.74. The Balaban J connectivity index is 2.35. The van der Waals surface area contributed by atoms with E-state index >= 15 is 0 Å². The third-order valence-electron chi connectivity index (χ3n) is 2.28. The van der Waals surface area contributed by atoms with Gasteiger partial charge in [0.2, 0.25) is 6.20 Å². The van der Waals surface area contributed by atoms with E-state index in [1.807, 2.05) is 18.2 Å². The van der Waals surface area contributed by atoms with Crippen molar-refractivity contribution in [2.45, 2.75) is 6.42 Å². The third kappa shape index (κ3) is 1.59. The third-order valence-corrected chi connectivity index (χ3v) is 2.28. The van der Waals surface area contributed by atoms with Crippen molar-refractivity contribution in [3.05, 3.63) is 45.6 Å². The molecule has 1 N–H and O–H groups in total. The molecule has 1 aliphatic heterocycles. The van der Waals surface area contributed by atoms with Gasteiger partial charge in [0.25, 0.3) is 0 Å². The van der Waals surface area contributed by atoms with Crippen LogP contribution < -0.4 is 5.32 Å². The van der Waals surface area contributed by atoms with Gasteiger partial charge in [-0.3, -0.25) is 10.1 Å². The molecule has 0 unspecified atom stereocenters. The number of anilines is 1. The molecule has 4 nitrogen and oxygen atoms in total. The molecule has 0 bridgehead atoms. The van der Waals surface area contributed by atoms with Gasteiger partial charge in [-0.2, -0.15) is 0 Å². The predicted molar refractivity (Wildman–Crippen MR) is 54.7 cm³/mol. The Morgan fingerprint density at radius 3 is 3.14 bits per heavy atom. The topological polar surface area (TPSA) is 55.2 Å². The summed E-state index contributed by atoms with van der Waals surface area (Å²) in [5.41, 5.74) is 3.20. The average Bonchev–Trinajstić information content (AvgIpc) is 2.62. The fourth-order valence-electron chi connectivity index (χ4n) is 1.67. The second-order valence-electron chi connectivity index (χ2n) is 3.15. The van der Waals surface area contributed by atoms with Gasteiger partial charge >= 0.3 is 0 Å². The summed E-state index contributed by atoms with van der Waals surface area (Å²) in [6.45, 7) is 0.915. The van der Waals surface area contributed by atoms with Gasteiger partial charge in [0.05, 0.1) is 4.92 Å². The number of nitro groups is 1. The maximum Gasteiger partial charge on any atom is 0.235 e. The van der Waals surface area contributed by atoms with Crippen molar-refractivity contribution in [1.29, 1.82) is 0 Å². The van der Waals surface area contributed by atoms with Gasteiger partial charge in [-0.1, -0.05) is 12.1 Å². The molecule has 0 atom stereocenters. The van der Waals surface area contributed by atoms with Crippen LogP contribution in [0.15, 0.2) is 24.4 Å². The van der Waals surface area contributed by atoms with Crippen molar-refractivity contribution in [2.75, 3.05) is 11.9 Å². The normalized spacial score (nSPS) is 14.0. The lowest BCUT2D eigenvalue weighted by Crippen LogP contribution is -1.90. The maximum absolute atomic E-state index is 10.2. The zero-order chi connectivity index (χ0) is 9.97. The summed E-state index contributed by atoms with van der Waals surface area (Å²) in [6, 6.07) is 5.79. The molecule has 0 saturated heterocycles. The highest BCUT2D eigenvalue weighted by atomic mass is 16.6. The van der Waals surface area contributed by atoms with E-state index in [1.54, 1.807) is 6.08 Å². The summed E-state index contributed by atoms with van der Waals surface area (Å²) in [7, 11) is 0. The summed E-state index contributed by atoms with van der Waals surface area (Å²) in [6.07, 6.45) is 3.47. The van der Waals surface area contributed by atoms with Crippen molar-refractivity contribution in [1.82, 2.24) is 0 Å². The molecule has 0 saturated carbocycles. The number of nitrogens with zero attached hydrogens (tertiary/aromatic N) is 1. The van der Waals surface area contributed by atoms with E-state index in [-0.39, 0.29) is 0 Å². The smallest absolute Gasteiger partial charge is 0.235 e. The summed E-state index contributed by atoms with van der Waals surface area (Å²) in [5.74, 6) is 0. The highest BCUT2D eigenvalue weighted by Crippen LogP contribution is 2.26. The molecule has 0 amide bonds. The quantitative estimate of drug-likeness (QED) is 0.572. The van der Waals surface area contributed by atoms with Crippen LogP contribution in [0.25, 0.3) is 6.08 Å². The molecular formula is C10H10N2O2. The monoisotopic (exact) mass is 190 g/mol. The first-order valence-corrected chi connectivity index (χ1v) is 4.45. The number of fused-ring (bicyclic) bond motifs is 1. The summed E-state index contributed by atoms with van der Waals surface area (Å²) >= 11 is 0. The van der Waals surface area contributed by atoms with Crippen molar-refractivity contribution in [2.24, 2.45) is 0 Å². The first-order chi connectivity index (χ1) is 6.77. The van der Waals surface area contributed by atoms with Crippen LogP contribution >= 0.6 is 0 Å². The van der Waals surface area contributed by atoms with Crippen LogP contribution in [-0.2, 0) is 6.42 Å². The van der Waals surface area contributed by atoms with Crippen LogP contribution in [0.1, 0.15) is 11.1 Å². The van der Waals surface area contributed by atoms with Gasteiger partial charge < -0.3 is 5.32 Å². The van der Waals surface area contributed by atoms with Gasteiger partial charge in [0.15, 0.2) is 0 Å². The second kappa shape index (κ2) is 3.49. The molecule has 1 aromatic rings. The predicted octanol–water partition coefficient (Wildman–Crippen LogP) is 1.90. The Morgan fingerprint density at radius 1 is 1.50 bits per heavy atom. The van der Waals surface area contributed by atoms with E-state index < -0.39 is 4.92 Å². The van der Waals surface area contributed by atoms with E-state index in [2.05, 4.69) is 5.32 Å². The number of rotatable bonds is 2. The highest BCUT2D eigenvalue weighted by molar-refractivity contribution is 5.66. The van der Waals surface area contributed by atoms with Gasteiger partial charge in [0, 0.05) is 18.3 Å². The lowest BCUT2D eigenvalue weighted by atomic mass is 10.1. The van der Waals surface area contributed by atoms with Crippen LogP contribution in [0.4, 0.5) is 5.69 Å². The van der Waals surface area contributed by atoms with Gasteiger partial charge in [-0.15, -0.1) is 0 Å². The molecule has 1 aromatic carbocycles. The van der Waals surface area contributed by atoms with Gasteiger partial charge in [-0.05, 0) is 23.6 Å². The van der Waals surface area contributed by atoms with E-state index in [1.165, 1.54) is 5.56 Å². The summed E-state index contributed by atoms with van der Waals surface area (Å²) < 4.78 is 0. The number of benzene rings is 1. The SMILES string of the molecule is O=[N+]([O-])/C=C/c1cccc2c1CCN2. The summed E-state index contributed by atoms with van der Waals surface area (Å²) in [5, 5.41) is 13.4.